The van der Waals surface area contributed by atoms with Crippen molar-refractivity contribution < 1.29 is 13.9 Å². The van der Waals surface area contributed by atoms with Gasteiger partial charge in [-0.1, -0.05) is 0 Å². The van der Waals surface area contributed by atoms with Gasteiger partial charge in [0.2, 0.25) is 0 Å². The van der Waals surface area contributed by atoms with E-state index in [2.05, 4.69) is 25.5 Å². The Hall–Kier alpha value is -3.20. The number of hydrogen-bond acceptors (Lipinski definition) is 6. The number of rotatable bonds is 3. The van der Waals surface area contributed by atoms with Gasteiger partial charge < -0.3 is 15.0 Å². The van der Waals surface area contributed by atoms with Gasteiger partial charge in [-0.3, -0.25) is 0 Å². The van der Waals surface area contributed by atoms with Gasteiger partial charge in [0.25, 0.3) is 0 Å². The average Bonchev–Trinajstić information content (AvgIpc) is 3.33. The van der Waals surface area contributed by atoms with Gasteiger partial charge >= 0.3 is 0 Å². The molecule has 2 fully saturated rings. The van der Waals surface area contributed by atoms with Gasteiger partial charge in [0, 0.05) is 30.4 Å². The molecule has 7 nitrogen and oxygen atoms in total. The van der Waals surface area contributed by atoms with Crippen LogP contribution in [-0.2, 0) is 0 Å². The number of nitrogens with one attached hydrogen (secondary N) is 1. The van der Waals surface area contributed by atoms with Crippen molar-refractivity contribution in [2.24, 2.45) is 0 Å². The molecule has 0 amide bonds. The van der Waals surface area contributed by atoms with Gasteiger partial charge in [-0.05, 0) is 44.1 Å². The molecule has 2 bridgehead atoms. The Bertz CT molecular complexity index is 1150. The fourth-order valence-electron chi connectivity index (χ4n) is 4.70. The number of hydrogen-bond donors (Lipinski definition) is 2. The molecule has 160 valence electrons. The lowest BCUT2D eigenvalue weighted by atomic mass is 9.82. The lowest BCUT2D eigenvalue weighted by molar-refractivity contribution is 0.151. The lowest BCUT2D eigenvalue weighted by Gasteiger charge is -2.41. The van der Waals surface area contributed by atoms with Crippen LogP contribution in [0.1, 0.15) is 32.5 Å². The first-order valence-electron chi connectivity index (χ1n) is 10.1. The van der Waals surface area contributed by atoms with Crippen LogP contribution in [0.15, 0.2) is 48.7 Å². The number of phenols is 1. The van der Waals surface area contributed by atoms with E-state index >= 15 is 4.39 Å². The van der Waals surface area contributed by atoms with E-state index in [1.165, 1.54) is 6.20 Å². The van der Waals surface area contributed by atoms with E-state index in [-0.39, 0.29) is 24.4 Å². The average molecular weight is 424 g/mol. The molecule has 5 rings (SSSR count). The van der Waals surface area contributed by atoms with E-state index in [9.17, 15) is 9.50 Å². The first-order chi connectivity index (χ1) is 14.8. The third-order valence-electron chi connectivity index (χ3n) is 6.28. The Morgan fingerprint density at radius 2 is 2.06 bits per heavy atom. The number of alkyl halides is 2. The maximum atomic E-state index is 15.1. The van der Waals surface area contributed by atoms with Crippen LogP contribution < -0.4 is 5.32 Å². The summed E-state index contributed by atoms with van der Waals surface area (Å²) in [4.78, 5) is 8.26. The summed E-state index contributed by atoms with van der Waals surface area (Å²) in [5, 5.41) is 21.8. The Labute approximate surface area is 177 Å². The quantitative estimate of drug-likeness (QED) is 0.670. The summed E-state index contributed by atoms with van der Waals surface area (Å²) in [6, 6.07) is 5.14. The standard InChI is InChI=1S/C22H22F2N6O/c1-21-9-13(20(24)22(2,29-21)10-18(21)23)7-19-26-11-16(27-28-19)15-4-3-14(8-17(15)31)30-6-5-25-12-30/h3-8,11-12,18,20,29,31H,9-10H2,1-2H3/b13-7+/t18-,20-,21-,22-/m0/s1. The van der Waals surface area contributed by atoms with E-state index in [1.54, 1.807) is 55.3 Å². The molecule has 0 spiro atoms. The zero-order valence-electron chi connectivity index (χ0n) is 17.1. The molecular weight excluding hydrogens is 402 g/mol. The number of fused-ring (bicyclic) bond motifs is 2. The highest BCUT2D eigenvalue weighted by atomic mass is 19.1. The van der Waals surface area contributed by atoms with Gasteiger partial charge in [0.1, 0.15) is 23.8 Å². The number of aromatic hydroxyl groups is 1. The van der Waals surface area contributed by atoms with E-state index in [0.717, 1.165) is 5.69 Å². The smallest absolute Gasteiger partial charge is 0.174 e. The molecular formula is C22H22F2N6O. The van der Waals surface area contributed by atoms with E-state index in [4.69, 9.17) is 0 Å². The van der Waals surface area contributed by atoms with Crippen molar-refractivity contribution in [3.05, 3.63) is 54.5 Å². The van der Waals surface area contributed by atoms with E-state index in [0.29, 0.717) is 16.8 Å². The number of imidazole rings is 1. The summed E-state index contributed by atoms with van der Waals surface area (Å²) in [5.41, 5.74) is 0.358. The van der Waals surface area contributed by atoms with Crippen molar-refractivity contribution >= 4 is 6.08 Å². The van der Waals surface area contributed by atoms with Crippen LogP contribution >= 0.6 is 0 Å². The highest BCUT2D eigenvalue weighted by Crippen LogP contribution is 2.47. The first kappa shape index (κ1) is 19.7. The predicted octanol–water partition coefficient (Wildman–Crippen LogP) is 3.40. The van der Waals surface area contributed by atoms with Gasteiger partial charge in [-0.15, -0.1) is 10.2 Å². The molecule has 31 heavy (non-hydrogen) atoms. The Balaban J connectivity index is 1.41. The highest BCUT2D eigenvalue weighted by molar-refractivity contribution is 5.68. The maximum absolute atomic E-state index is 15.1. The third-order valence-corrected chi connectivity index (χ3v) is 6.28. The molecule has 0 aliphatic carbocycles. The number of nitrogens with zero attached hydrogens (tertiary/aromatic N) is 5. The number of halogens is 2. The van der Waals surface area contributed by atoms with Crippen LogP contribution in [0.3, 0.4) is 0 Å². The summed E-state index contributed by atoms with van der Waals surface area (Å²) in [7, 11) is 0. The van der Waals surface area contributed by atoms with Crippen molar-refractivity contribution in [3.8, 4) is 22.7 Å². The molecule has 2 N–H and O–H groups in total. The Morgan fingerprint density at radius 1 is 1.23 bits per heavy atom. The Morgan fingerprint density at radius 3 is 2.74 bits per heavy atom. The molecule has 1 aromatic carbocycles. The third kappa shape index (κ3) is 3.29. The topological polar surface area (TPSA) is 88.8 Å². The zero-order chi connectivity index (χ0) is 21.8. The second kappa shape index (κ2) is 6.91. The maximum Gasteiger partial charge on any atom is 0.174 e. The summed E-state index contributed by atoms with van der Waals surface area (Å²) in [6.45, 7) is 3.49. The van der Waals surface area contributed by atoms with Crippen LogP contribution in [0.4, 0.5) is 8.78 Å². The van der Waals surface area contributed by atoms with Gasteiger partial charge in [-0.2, -0.15) is 0 Å². The highest BCUT2D eigenvalue weighted by Gasteiger charge is 2.58. The molecule has 0 saturated carbocycles. The molecule has 2 aliphatic heterocycles. The summed E-state index contributed by atoms with van der Waals surface area (Å²) in [6.07, 6.45) is 6.03. The van der Waals surface area contributed by atoms with Crippen molar-refractivity contribution in [2.75, 3.05) is 0 Å². The zero-order valence-corrected chi connectivity index (χ0v) is 17.1. The van der Waals surface area contributed by atoms with Crippen molar-refractivity contribution in [3.63, 3.8) is 0 Å². The molecule has 2 saturated heterocycles. The molecule has 0 radical (unpaired) electrons. The monoisotopic (exact) mass is 424 g/mol. The van der Waals surface area contributed by atoms with Gasteiger partial charge in [0.15, 0.2) is 5.82 Å². The number of phenolic OH excluding ortho intramolecular Hbond substituents is 1. The van der Waals surface area contributed by atoms with Crippen molar-refractivity contribution in [2.45, 2.75) is 50.1 Å². The van der Waals surface area contributed by atoms with Gasteiger partial charge in [0.05, 0.1) is 29.3 Å². The molecule has 3 aromatic rings. The SMILES string of the molecule is C[C@]12C/C(=C\c3ncc(-c4ccc(-n5ccnc5)cc4O)nn3)[C@H](F)[C@](C)(C[C@@H]1F)N2. The second-order valence-corrected chi connectivity index (χ2v) is 8.76. The second-order valence-electron chi connectivity index (χ2n) is 8.76. The predicted molar refractivity (Wildman–Crippen MR) is 111 cm³/mol. The molecule has 0 unspecified atom stereocenters. The minimum Gasteiger partial charge on any atom is -0.507 e. The van der Waals surface area contributed by atoms with Crippen LogP contribution in [0.25, 0.3) is 23.0 Å². The fraction of sp³-hybridized carbons (Fsp3) is 0.364. The summed E-state index contributed by atoms with van der Waals surface area (Å²) >= 11 is 0. The minimum absolute atomic E-state index is 0.0296. The van der Waals surface area contributed by atoms with E-state index in [1.807, 2.05) is 6.07 Å². The fourth-order valence-corrected chi connectivity index (χ4v) is 4.70. The van der Waals surface area contributed by atoms with Crippen LogP contribution in [0.2, 0.25) is 0 Å². The minimum atomic E-state index is -1.33. The number of piperidine rings is 1. The Kier molecular flexibility index (Phi) is 4.40. The van der Waals surface area contributed by atoms with Crippen molar-refractivity contribution in [1.29, 1.82) is 0 Å². The van der Waals surface area contributed by atoms with Gasteiger partial charge in [-0.25, -0.2) is 18.7 Å². The number of benzene rings is 1. The van der Waals surface area contributed by atoms with Crippen LogP contribution in [0.5, 0.6) is 5.75 Å². The van der Waals surface area contributed by atoms with Crippen LogP contribution in [0, 0.1) is 0 Å². The molecule has 9 heteroatoms. The summed E-state index contributed by atoms with van der Waals surface area (Å²) < 4.78 is 31.3. The van der Waals surface area contributed by atoms with Crippen LogP contribution in [-0.4, -0.2) is 53.3 Å². The normalized spacial score (nSPS) is 31.3. The molecule has 2 aliphatic rings. The van der Waals surface area contributed by atoms with E-state index < -0.39 is 23.4 Å². The van der Waals surface area contributed by atoms with Crippen molar-refractivity contribution in [1.82, 2.24) is 30.0 Å². The molecule has 4 heterocycles. The largest absolute Gasteiger partial charge is 0.507 e. The summed E-state index contributed by atoms with van der Waals surface area (Å²) in [5.74, 6) is 0.279. The molecule has 4 atom stereocenters. The molecule has 2 aromatic heterocycles. The number of aromatic nitrogens is 5. The lowest BCUT2D eigenvalue weighted by Crippen LogP contribution is -2.58. The first-order valence-corrected chi connectivity index (χ1v) is 10.1.